The normalized spacial score (nSPS) is 29.6. The van der Waals surface area contributed by atoms with E-state index in [2.05, 4.69) is 0 Å². The summed E-state index contributed by atoms with van der Waals surface area (Å²) in [5, 5.41) is 33.2. The average Bonchev–Trinajstić information content (AvgIpc) is 2.70. The number of nitrogens with two attached hydrogens (primary N) is 2. The van der Waals surface area contributed by atoms with Crippen LogP contribution in [0, 0.1) is 11.8 Å². The summed E-state index contributed by atoms with van der Waals surface area (Å²) in [5.74, 6) is -6.91. The number of primary amides is 2. The first-order valence-electron chi connectivity index (χ1n) is 9.98. The smallest absolute Gasteiger partial charge is 0.255 e. The van der Waals surface area contributed by atoms with Crippen molar-refractivity contribution < 1.29 is 34.5 Å². The molecule has 3 aliphatic rings. The second-order valence-electron chi connectivity index (χ2n) is 8.70. The van der Waals surface area contributed by atoms with Gasteiger partial charge in [0.1, 0.15) is 17.1 Å². The third kappa shape index (κ3) is 2.73. The Hall–Kier alpha value is -3.50. The third-order valence-electron chi connectivity index (χ3n) is 6.74. The Balaban J connectivity index is 1.93. The lowest BCUT2D eigenvalue weighted by atomic mass is 9.58. The number of Topliss-reactive ketones (excluding diaryl/α,β-unsaturated/α-hetero) is 2. The van der Waals surface area contributed by atoms with Crippen molar-refractivity contribution in [2.24, 2.45) is 23.3 Å². The Morgan fingerprint density at radius 2 is 1.78 bits per heavy atom. The summed E-state index contributed by atoms with van der Waals surface area (Å²) >= 11 is 0. The van der Waals surface area contributed by atoms with Crippen LogP contribution >= 0.6 is 0 Å². The zero-order valence-corrected chi connectivity index (χ0v) is 17.5. The average molecular weight is 441 g/mol. The minimum Gasteiger partial charge on any atom is -0.510 e. The number of hydrogen-bond acceptors (Lipinski definition) is 8. The van der Waals surface area contributed by atoms with Crippen LogP contribution in [0.4, 0.5) is 0 Å². The van der Waals surface area contributed by atoms with E-state index in [-0.39, 0.29) is 23.1 Å². The first-order chi connectivity index (χ1) is 14.9. The van der Waals surface area contributed by atoms with Gasteiger partial charge < -0.3 is 26.8 Å². The van der Waals surface area contributed by atoms with Gasteiger partial charge in [-0.1, -0.05) is 6.07 Å². The lowest BCUT2D eigenvalue weighted by molar-refractivity contribution is -0.148. The highest BCUT2D eigenvalue weighted by Crippen LogP contribution is 2.51. The molecule has 1 aromatic carbocycles. The quantitative estimate of drug-likeness (QED) is 0.389. The zero-order chi connectivity index (χ0) is 23.7. The number of likely N-dealkylation sites (N-methyl/N-ethyl adjacent to an activating group) is 1. The number of ketones is 2. The number of nitrogens with zero attached hydrogens (tertiary/aromatic N) is 1. The molecule has 2 amide bonds. The SMILES string of the molecule is CN(C)C1C(O)=C(C(N)=O)C(=O)[C@@]2(O)C(O)=C3C(=O)c4cc(C(N)=O)ccc4CC3CC12. The number of aliphatic hydroxyl groups excluding tert-OH is 2. The number of hydrogen-bond donors (Lipinski definition) is 5. The molecule has 0 bridgehead atoms. The van der Waals surface area contributed by atoms with Crippen LogP contribution in [0.1, 0.15) is 32.7 Å². The van der Waals surface area contributed by atoms with Gasteiger partial charge in [0.15, 0.2) is 11.4 Å². The van der Waals surface area contributed by atoms with Gasteiger partial charge in [-0.05, 0) is 50.6 Å². The minimum atomic E-state index is -2.62. The van der Waals surface area contributed by atoms with Gasteiger partial charge in [0.2, 0.25) is 11.7 Å². The molecule has 0 aromatic heterocycles. The molecule has 0 spiro atoms. The summed E-state index contributed by atoms with van der Waals surface area (Å²) in [4.78, 5) is 51.4. The van der Waals surface area contributed by atoms with Gasteiger partial charge in [0, 0.05) is 22.6 Å². The summed E-state index contributed by atoms with van der Waals surface area (Å²) in [6.07, 6.45) is 0.372. The van der Waals surface area contributed by atoms with Crippen LogP contribution in [0.2, 0.25) is 0 Å². The van der Waals surface area contributed by atoms with Gasteiger partial charge in [-0.2, -0.15) is 0 Å². The molecular weight excluding hydrogens is 418 g/mol. The van der Waals surface area contributed by atoms with E-state index >= 15 is 0 Å². The third-order valence-corrected chi connectivity index (χ3v) is 6.74. The summed E-state index contributed by atoms with van der Waals surface area (Å²) in [6, 6.07) is 3.43. The number of amides is 2. The maximum Gasteiger partial charge on any atom is 0.255 e. The standard InChI is InChI=1S/C22H23N3O7/c1-25(2)15-12-7-10-5-8-3-4-9(20(23)30)6-11(8)16(26)13(10)18(28)22(12,32)19(29)14(17(15)27)21(24)31/h3-4,6,10,12,15,27-28,32H,5,7H2,1-2H3,(H2,23,30)(H2,24,31)/t10?,12?,15?,22-/m0/s1. The van der Waals surface area contributed by atoms with Gasteiger partial charge in [-0.3, -0.25) is 24.1 Å². The van der Waals surface area contributed by atoms with Gasteiger partial charge in [0.05, 0.1) is 6.04 Å². The molecule has 1 aromatic rings. The first kappa shape index (κ1) is 21.7. The molecule has 0 radical (unpaired) electrons. The van der Waals surface area contributed by atoms with Crippen molar-refractivity contribution in [3.63, 3.8) is 0 Å². The predicted octanol–water partition coefficient (Wildman–Crippen LogP) is -0.486. The first-order valence-corrected chi connectivity index (χ1v) is 9.98. The van der Waals surface area contributed by atoms with Crippen molar-refractivity contribution in [2.45, 2.75) is 24.5 Å². The molecule has 10 heteroatoms. The molecule has 3 aliphatic carbocycles. The minimum absolute atomic E-state index is 0.0728. The number of allylic oxidation sites excluding steroid dienone is 1. The Bertz CT molecular complexity index is 1170. The Kier molecular flexibility index (Phi) is 4.76. The number of carbonyl (C=O) groups excluding carboxylic acids is 4. The van der Waals surface area contributed by atoms with Crippen molar-refractivity contribution in [2.75, 3.05) is 14.1 Å². The Morgan fingerprint density at radius 3 is 2.34 bits per heavy atom. The summed E-state index contributed by atoms with van der Waals surface area (Å²) in [6.45, 7) is 0. The fourth-order valence-corrected chi connectivity index (χ4v) is 5.30. The second kappa shape index (κ2) is 7.01. The zero-order valence-electron chi connectivity index (χ0n) is 17.5. The van der Waals surface area contributed by atoms with Crippen LogP contribution in [-0.4, -0.2) is 69.3 Å². The van der Waals surface area contributed by atoms with E-state index in [9.17, 15) is 34.5 Å². The highest BCUT2D eigenvalue weighted by atomic mass is 16.3. The fraction of sp³-hybridized carbons (Fsp3) is 0.364. The molecule has 168 valence electrons. The summed E-state index contributed by atoms with van der Waals surface area (Å²) < 4.78 is 0. The monoisotopic (exact) mass is 441 g/mol. The van der Waals surface area contributed by atoms with Crippen molar-refractivity contribution in [3.05, 3.63) is 57.6 Å². The topological polar surface area (TPSA) is 184 Å². The Morgan fingerprint density at radius 1 is 1.12 bits per heavy atom. The van der Waals surface area contributed by atoms with E-state index in [0.717, 1.165) is 0 Å². The predicted molar refractivity (Wildman–Crippen MR) is 111 cm³/mol. The summed E-state index contributed by atoms with van der Waals surface area (Å²) in [7, 11) is 3.16. The van der Waals surface area contributed by atoms with Crippen LogP contribution in [0.3, 0.4) is 0 Å². The molecule has 3 unspecified atom stereocenters. The molecule has 0 fully saturated rings. The molecule has 0 aliphatic heterocycles. The molecule has 0 saturated heterocycles. The molecule has 4 atom stereocenters. The van der Waals surface area contributed by atoms with Crippen molar-refractivity contribution >= 4 is 23.4 Å². The van der Waals surface area contributed by atoms with E-state index in [0.29, 0.717) is 12.0 Å². The number of carbonyl (C=O) groups is 4. The number of benzene rings is 1. The second-order valence-corrected chi connectivity index (χ2v) is 8.70. The van der Waals surface area contributed by atoms with Crippen LogP contribution in [0.15, 0.2) is 40.9 Å². The van der Waals surface area contributed by atoms with E-state index in [1.807, 2.05) is 0 Å². The number of rotatable bonds is 3. The molecule has 7 N–H and O–H groups in total. The highest BCUT2D eigenvalue weighted by molar-refractivity contribution is 6.24. The van der Waals surface area contributed by atoms with Crippen LogP contribution in [-0.2, 0) is 16.0 Å². The van der Waals surface area contributed by atoms with Gasteiger partial charge in [-0.15, -0.1) is 0 Å². The van der Waals surface area contributed by atoms with Crippen molar-refractivity contribution in [1.82, 2.24) is 4.90 Å². The maximum atomic E-state index is 13.3. The summed E-state index contributed by atoms with van der Waals surface area (Å²) in [5.41, 5.74) is 7.88. The van der Waals surface area contributed by atoms with E-state index < -0.39 is 64.0 Å². The number of fused-ring (bicyclic) bond motifs is 3. The van der Waals surface area contributed by atoms with Crippen LogP contribution in [0.5, 0.6) is 0 Å². The number of aliphatic hydroxyl groups is 3. The molecule has 0 saturated carbocycles. The van der Waals surface area contributed by atoms with Crippen molar-refractivity contribution in [1.29, 1.82) is 0 Å². The van der Waals surface area contributed by atoms with E-state index in [1.165, 1.54) is 17.0 Å². The molecule has 10 nitrogen and oxygen atoms in total. The molecule has 32 heavy (non-hydrogen) atoms. The van der Waals surface area contributed by atoms with E-state index in [4.69, 9.17) is 11.5 Å². The van der Waals surface area contributed by atoms with Crippen LogP contribution < -0.4 is 11.5 Å². The lowest BCUT2D eigenvalue weighted by Crippen LogP contribution is -2.63. The van der Waals surface area contributed by atoms with Gasteiger partial charge in [0.25, 0.3) is 5.91 Å². The van der Waals surface area contributed by atoms with E-state index in [1.54, 1.807) is 20.2 Å². The molecule has 4 rings (SSSR count). The maximum absolute atomic E-state index is 13.3. The van der Waals surface area contributed by atoms with Gasteiger partial charge >= 0.3 is 0 Å². The largest absolute Gasteiger partial charge is 0.510 e. The van der Waals surface area contributed by atoms with Gasteiger partial charge in [-0.25, -0.2) is 0 Å². The Labute approximate surface area is 182 Å². The van der Waals surface area contributed by atoms with Crippen molar-refractivity contribution in [3.8, 4) is 0 Å². The van der Waals surface area contributed by atoms with Crippen LogP contribution in [0.25, 0.3) is 0 Å². The lowest BCUT2D eigenvalue weighted by Gasteiger charge is -2.50. The molecule has 0 heterocycles. The highest BCUT2D eigenvalue weighted by Gasteiger charge is 2.63. The molecular formula is C22H23N3O7. The fourth-order valence-electron chi connectivity index (χ4n) is 5.30.